The van der Waals surface area contributed by atoms with Crippen molar-refractivity contribution in [3.05, 3.63) is 64.1 Å². The molecule has 1 aromatic carbocycles. The molecule has 122 valence electrons. The second-order valence-corrected chi connectivity index (χ2v) is 4.94. The van der Waals surface area contributed by atoms with E-state index < -0.39 is 30.5 Å². The summed E-state index contributed by atoms with van der Waals surface area (Å²) >= 11 is 0. The summed E-state index contributed by atoms with van der Waals surface area (Å²) < 4.78 is 27.2. The van der Waals surface area contributed by atoms with E-state index in [9.17, 15) is 18.4 Å². The average Bonchev–Trinajstić information content (AvgIpc) is 2.56. The Morgan fingerprint density at radius 2 is 1.91 bits per heavy atom. The molecule has 0 atom stereocenters. The van der Waals surface area contributed by atoms with Gasteiger partial charge in [-0.3, -0.25) is 9.59 Å². The molecule has 0 bridgehead atoms. The van der Waals surface area contributed by atoms with Crippen LogP contribution in [0.2, 0.25) is 0 Å². The fraction of sp³-hybridized carbons (Fsp3) is 0.267. The Hall–Kier alpha value is -2.61. The van der Waals surface area contributed by atoms with Crippen LogP contribution in [0.3, 0.4) is 0 Å². The van der Waals surface area contributed by atoms with Crippen LogP contribution in [0.15, 0.2) is 47.3 Å². The van der Waals surface area contributed by atoms with Crippen molar-refractivity contribution in [2.45, 2.75) is 12.5 Å². The van der Waals surface area contributed by atoms with Crippen LogP contribution < -0.4 is 16.6 Å². The van der Waals surface area contributed by atoms with Crippen LogP contribution in [0.1, 0.15) is 16.1 Å². The monoisotopic (exact) mass is 322 g/mol. The molecule has 2 aromatic rings. The standard InChI is InChI=1S/C15H16F2N4O2/c16-15(17,9-18)10-19-14(23)12-6-7-13(22)21(20-12)8-11-4-2-1-3-5-11/h1-7H,8-10,18H2,(H,19,23). The van der Waals surface area contributed by atoms with Crippen LogP contribution in [0.5, 0.6) is 0 Å². The molecule has 8 heteroatoms. The minimum absolute atomic E-state index is 0.117. The van der Waals surface area contributed by atoms with E-state index in [0.29, 0.717) is 0 Å². The first kappa shape index (κ1) is 16.8. The molecule has 1 aromatic heterocycles. The molecule has 1 heterocycles. The summed E-state index contributed by atoms with van der Waals surface area (Å²) in [5, 5.41) is 5.96. The normalized spacial score (nSPS) is 11.3. The van der Waals surface area contributed by atoms with Gasteiger partial charge in [0.1, 0.15) is 5.69 Å². The second-order valence-electron chi connectivity index (χ2n) is 4.94. The van der Waals surface area contributed by atoms with Crippen molar-refractivity contribution >= 4 is 5.91 Å². The summed E-state index contributed by atoms with van der Waals surface area (Å²) in [5.74, 6) is -3.98. The first-order valence-corrected chi connectivity index (χ1v) is 6.89. The lowest BCUT2D eigenvalue weighted by atomic mass is 10.2. The predicted molar refractivity (Wildman–Crippen MR) is 80.4 cm³/mol. The van der Waals surface area contributed by atoms with Crippen molar-refractivity contribution in [1.82, 2.24) is 15.1 Å². The third kappa shape index (κ3) is 4.68. The molecule has 0 spiro atoms. The zero-order valence-electron chi connectivity index (χ0n) is 12.2. The summed E-state index contributed by atoms with van der Waals surface area (Å²) in [6.45, 7) is -1.57. The zero-order valence-corrected chi connectivity index (χ0v) is 12.2. The Balaban J connectivity index is 2.13. The largest absolute Gasteiger partial charge is 0.345 e. The maximum absolute atomic E-state index is 13.0. The predicted octanol–water partition coefficient (Wildman–Crippen LogP) is 0.615. The minimum Gasteiger partial charge on any atom is -0.345 e. The number of hydrogen-bond acceptors (Lipinski definition) is 4. The van der Waals surface area contributed by atoms with E-state index in [-0.39, 0.29) is 12.2 Å². The number of nitrogens with two attached hydrogens (primary N) is 1. The van der Waals surface area contributed by atoms with E-state index in [1.54, 1.807) is 0 Å². The van der Waals surface area contributed by atoms with Gasteiger partial charge in [-0.1, -0.05) is 30.3 Å². The first-order valence-electron chi connectivity index (χ1n) is 6.89. The van der Waals surface area contributed by atoms with Gasteiger partial charge >= 0.3 is 0 Å². The lowest BCUT2D eigenvalue weighted by molar-refractivity contribution is 0.0118. The van der Waals surface area contributed by atoms with Crippen LogP contribution in [0.25, 0.3) is 0 Å². The summed E-state index contributed by atoms with van der Waals surface area (Å²) in [5.41, 5.74) is 5.22. The summed E-state index contributed by atoms with van der Waals surface area (Å²) in [6, 6.07) is 11.4. The van der Waals surface area contributed by atoms with E-state index in [0.717, 1.165) is 10.2 Å². The number of rotatable bonds is 6. The van der Waals surface area contributed by atoms with Gasteiger partial charge < -0.3 is 11.1 Å². The Morgan fingerprint density at radius 1 is 1.22 bits per heavy atom. The maximum atomic E-state index is 13.0. The zero-order chi connectivity index (χ0) is 16.9. The van der Waals surface area contributed by atoms with E-state index in [4.69, 9.17) is 5.73 Å². The Labute approximate surface area is 130 Å². The van der Waals surface area contributed by atoms with Crippen molar-refractivity contribution in [2.24, 2.45) is 5.73 Å². The SMILES string of the molecule is NCC(F)(F)CNC(=O)c1ccc(=O)n(Cc2ccccc2)n1. The van der Waals surface area contributed by atoms with Gasteiger partial charge in [-0.05, 0) is 11.6 Å². The molecule has 23 heavy (non-hydrogen) atoms. The van der Waals surface area contributed by atoms with Crippen LogP contribution in [-0.4, -0.2) is 34.7 Å². The molecule has 0 radical (unpaired) electrons. The number of amides is 1. The molecule has 0 aliphatic rings. The quantitative estimate of drug-likeness (QED) is 0.815. The van der Waals surface area contributed by atoms with Crippen LogP contribution >= 0.6 is 0 Å². The number of nitrogens with zero attached hydrogens (tertiary/aromatic N) is 2. The lowest BCUT2D eigenvalue weighted by Gasteiger charge is -2.14. The summed E-state index contributed by atoms with van der Waals surface area (Å²) in [6.07, 6.45) is 0. The van der Waals surface area contributed by atoms with Gasteiger partial charge in [0.15, 0.2) is 0 Å². The molecule has 0 saturated carbocycles. The van der Waals surface area contributed by atoms with Gasteiger partial charge in [0.2, 0.25) is 0 Å². The third-order valence-electron chi connectivity index (χ3n) is 3.08. The molecule has 6 nitrogen and oxygen atoms in total. The Kier molecular flexibility index (Phi) is 5.17. The highest BCUT2D eigenvalue weighted by molar-refractivity contribution is 5.92. The molecule has 0 aliphatic carbocycles. The molecule has 1 amide bonds. The van der Waals surface area contributed by atoms with Crippen LogP contribution in [-0.2, 0) is 6.54 Å². The van der Waals surface area contributed by atoms with Crippen molar-refractivity contribution in [1.29, 1.82) is 0 Å². The number of carbonyl (C=O) groups excluding carboxylic acids is 1. The Morgan fingerprint density at radius 3 is 2.57 bits per heavy atom. The highest BCUT2D eigenvalue weighted by atomic mass is 19.3. The number of hydrogen-bond donors (Lipinski definition) is 2. The smallest absolute Gasteiger partial charge is 0.277 e. The number of nitrogens with one attached hydrogen (secondary N) is 1. The van der Waals surface area contributed by atoms with Gasteiger partial charge in [-0.15, -0.1) is 0 Å². The summed E-state index contributed by atoms with van der Waals surface area (Å²) in [7, 11) is 0. The maximum Gasteiger partial charge on any atom is 0.277 e. The fourth-order valence-corrected chi connectivity index (χ4v) is 1.81. The lowest BCUT2D eigenvalue weighted by Crippen LogP contribution is -2.42. The topological polar surface area (TPSA) is 90.0 Å². The first-order chi connectivity index (χ1) is 10.9. The molecule has 0 fully saturated rings. The second kappa shape index (κ2) is 7.10. The van der Waals surface area contributed by atoms with Gasteiger partial charge in [0.25, 0.3) is 17.4 Å². The van der Waals surface area contributed by atoms with E-state index in [1.807, 2.05) is 30.3 Å². The number of benzene rings is 1. The third-order valence-corrected chi connectivity index (χ3v) is 3.08. The number of aromatic nitrogens is 2. The Bertz CT molecular complexity index is 732. The highest BCUT2D eigenvalue weighted by Gasteiger charge is 2.27. The van der Waals surface area contributed by atoms with Gasteiger partial charge in [0.05, 0.1) is 19.6 Å². The number of carbonyl (C=O) groups is 1. The molecule has 0 aliphatic heterocycles. The van der Waals surface area contributed by atoms with Crippen molar-refractivity contribution < 1.29 is 13.6 Å². The number of alkyl halides is 2. The molecular weight excluding hydrogens is 306 g/mol. The molecule has 3 N–H and O–H groups in total. The highest BCUT2D eigenvalue weighted by Crippen LogP contribution is 2.09. The van der Waals surface area contributed by atoms with E-state index >= 15 is 0 Å². The number of halogens is 2. The average molecular weight is 322 g/mol. The molecular formula is C15H16F2N4O2. The van der Waals surface area contributed by atoms with E-state index in [2.05, 4.69) is 10.4 Å². The van der Waals surface area contributed by atoms with Crippen molar-refractivity contribution in [3.63, 3.8) is 0 Å². The summed E-state index contributed by atoms with van der Waals surface area (Å²) in [4.78, 5) is 23.7. The van der Waals surface area contributed by atoms with Gasteiger partial charge in [0, 0.05) is 6.07 Å². The van der Waals surface area contributed by atoms with E-state index in [1.165, 1.54) is 12.1 Å². The van der Waals surface area contributed by atoms with Gasteiger partial charge in [-0.2, -0.15) is 5.10 Å². The van der Waals surface area contributed by atoms with Gasteiger partial charge in [-0.25, -0.2) is 13.5 Å². The minimum atomic E-state index is -3.19. The molecule has 0 saturated heterocycles. The molecule has 2 rings (SSSR count). The van der Waals surface area contributed by atoms with Crippen molar-refractivity contribution in [2.75, 3.05) is 13.1 Å². The fourth-order valence-electron chi connectivity index (χ4n) is 1.81. The van der Waals surface area contributed by atoms with Crippen LogP contribution in [0.4, 0.5) is 8.78 Å². The molecule has 0 unspecified atom stereocenters. The van der Waals surface area contributed by atoms with Crippen LogP contribution in [0, 0.1) is 0 Å². The van der Waals surface area contributed by atoms with Crippen molar-refractivity contribution in [3.8, 4) is 0 Å².